The second kappa shape index (κ2) is 6.00. The van der Waals surface area contributed by atoms with Crippen LogP contribution in [0, 0.1) is 29.6 Å². The van der Waals surface area contributed by atoms with Gasteiger partial charge in [0.1, 0.15) is 6.33 Å². The summed E-state index contributed by atoms with van der Waals surface area (Å²) in [7, 11) is 1.34. The molecular formula is C20H27N3O5. The van der Waals surface area contributed by atoms with E-state index in [0.717, 1.165) is 44.1 Å². The Morgan fingerprint density at radius 3 is 2.89 bits per heavy atom. The molecule has 0 radical (unpaired) electrons. The monoisotopic (exact) mass is 389 g/mol. The molecule has 8 heteroatoms. The number of carbonyl (C=O) groups is 1. The lowest BCUT2D eigenvalue weighted by Gasteiger charge is -2.40. The van der Waals surface area contributed by atoms with E-state index in [1.165, 1.54) is 32.8 Å². The summed E-state index contributed by atoms with van der Waals surface area (Å²) in [4.78, 5) is 27.5. The highest BCUT2D eigenvalue weighted by atomic mass is 17.3. The fourth-order valence-electron chi connectivity index (χ4n) is 6.75. The first-order valence-electron chi connectivity index (χ1n) is 10.6. The summed E-state index contributed by atoms with van der Waals surface area (Å²) in [6.07, 6.45) is 10.3. The van der Waals surface area contributed by atoms with Crippen LogP contribution in [-0.4, -0.2) is 39.4 Å². The predicted molar refractivity (Wildman–Crippen MR) is 94.5 cm³/mol. The van der Waals surface area contributed by atoms with Crippen LogP contribution >= 0.6 is 0 Å². The molecule has 1 aromatic rings. The van der Waals surface area contributed by atoms with Crippen molar-refractivity contribution in [1.82, 2.24) is 14.8 Å². The van der Waals surface area contributed by atoms with Gasteiger partial charge in [0.25, 0.3) is 5.82 Å². The number of esters is 1. The van der Waals surface area contributed by atoms with Gasteiger partial charge in [-0.3, -0.25) is 4.68 Å². The molecule has 4 bridgehead atoms. The molecule has 1 aliphatic heterocycles. The van der Waals surface area contributed by atoms with Crippen LogP contribution in [0.3, 0.4) is 0 Å². The first kappa shape index (κ1) is 17.4. The molecule has 0 N–H and O–H groups in total. The highest BCUT2D eigenvalue weighted by molar-refractivity contribution is 5.84. The molecule has 1 aromatic heterocycles. The average molecular weight is 389 g/mol. The van der Waals surface area contributed by atoms with E-state index in [1.807, 2.05) is 0 Å². The largest absolute Gasteiger partial charge is 0.463 e. The van der Waals surface area contributed by atoms with Crippen LogP contribution in [-0.2, 0) is 25.8 Å². The molecule has 1 saturated heterocycles. The molecule has 2 heterocycles. The van der Waals surface area contributed by atoms with Crippen molar-refractivity contribution in [3.05, 3.63) is 12.2 Å². The summed E-state index contributed by atoms with van der Waals surface area (Å²) in [5, 5.41) is 4.22. The van der Waals surface area contributed by atoms with Crippen LogP contribution in [0.2, 0.25) is 0 Å². The van der Waals surface area contributed by atoms with Gasteiger partial charge < -0.3 is 9.47 Å². The number of rotatable bonds is 3. The van der Waals surface area contributed by atoms with Gasteiger partial charge in [0.15, 0.2) is 0 Å². The van der Waals surface area contributed by atoms with Crippen LogP contribution in [0.25, 0.3) is 0 Å². The maximum absolute atomic E-state index is 11.5. The van der Waals surface area contributed by atoms with Gasteiger partial charge in [-0.15, -0.1) is 5.10 Å². The molecule has 152 valence electrons. The van der Waals surface area contributed by atoms with Gasteiger partial charge >= 0.3 is 5.97 Å². The molecule has 5 unspecified atom stereocenters. The SMILES string of the molecule is COC(=O)c1ncn(CC2CCC3(CC2)OOC2(O3)C3CC4CC(C3)C2C4)n1. The Kier molecular flexibility index (Phi) is 3.72. The molecule has 8 nitrogen and oxygen atoms in total. The normalized spacial score (nSPS) is 46.1. The zero-order valence-corrected chi connectivity index (χ0v) is 16.2. The Balaban J connectivity index is 1.10. The standard InChI is InChI=1S/C20H27N3O5/c1-25-18(24)17-21-11-23(22-17)10-12-2-4-19(5-3-12)26-20(28-27-19)15-7-13-6-14(9-15)16(20)8-13/h11-16H,2-10H2,1H3. The van der Waals surface area contributed by atoms with E-state index < -0.39 is 17.5 Å². The topological polar surface area (TPSA) is 84.7 Å². The average Bonchev–Trinajstić information content (AvgIpc) is 3.43. The third-order valence-corrected chi connectivity index (χ3v) is 7.97. The minimum atomic E-state index is -0.571. The van der Waals surface area contributed by atoms with E-state index in [0.29, 0.717) is 17.8 Å². The number of nitrogens with zero attached hydrogens (tertiary/aromatic N) is 3. The van der Waals surface area contributed by atoms with Gasteiger partial charge in [-0.1, -0.05) is 0 Å². The molecule has 28 heavy (non-hydrogen) atoms. The highest BCUT2D eigenvalue weighted by Crippen LogP contribution is 2.67. The van der Waals surface area contributed by atoms with Crippen LogP contribution in [0.1, 0.15) is 62.0 Å². The molecule has 5 aliphatic carbocycles. The lowest BCUT2D eigenvalue weighted by atomic mass is 9.78. The minimum Gasteiger partial charge on any atom is -0.463 e. The van der Waals surface area contributed by atoms with Crippen molar-refractivity contribution in [2.45, 2.75) is 69.5 Å². The smallest absolute Gasteiger partial charge is 0.377 e. The summed E-state index contributed by atoms with van der Waals surface area (Å²) >= 11 is 0. The third kappa shape index (κ3) is 2.44. The molecule has 0 amide bonds. The Morgan fingerprint density at radius 2 is 2.11 bits per heavy atom. The van der Waals surface area contributed by atoms with E-state index in [2.05, 4.69) is 14.8 Å². The highest BCUT2D eigenvalue weighted by Gasteiger charge is 2.70. The van der Waals surface area contributed by atoms with Crippen molar-refractivity contribution in [2.24, 2.45) is 29.6 Å². The molecule has 6 fully saturated rings. The van der Waals surface area contributed by atoms with Crippen molar-refractivity contribution in [1.29, 1.82) is 0 Å². The number of hydrogen-bond acceptors (Lipinski definition) is 7. The van der Waals surface area contributed by atoms with Gasteiger partial charge in [0.05, 0.1) is 7.11 Å². The number of carbonyl (C=O) groups excluding carboxylic acids is 1. The van der Waals surface area contributed by atoms with E-state index in [1.54, 1.807) is 11.0 Å². The Hall–Kier alpha value is -1.51. The van der Waals surface area contributed by atoms with Crippen LogP contribution in [0.15, 0.2) is 6.33 Å². The van der Waals surface area contributed by atoms with E-state index in [4.69, 9.17) is 14.5 Å². The number of ether oxygens (including phenoxy) is 2. The summed E-state index contributed by atoms with van der Waals surface area (Å²) < 4.78 is 13.1. The molecular weight excluding hydrogens is 362 g/mol. The lowest BCUT2D eigenvalue weighted by molar-refractivity contribution is -0.370. The van der Waals surface area contributed by atoms with Crippen molar-refractivity contribution >= 4 is 5.97 Å². The van der Waals surface area contributed by atoms with Gasteiger partial charge in [0, 0.05) is 31.2 Å². The van der Waals surface area contributed by atoms with Crippen molar-refractivity contribution in [3.63, 3.8) is 0 Å². The van der Waals surface area contributed by atoms with Gasteiger partial charge in [0.2, 0.25) is 11.6 Å². The predicted octanol–water partition coefficient (Wildman–Crippen LogP) is 2.69. The first-order valence-corrected chi connectivity index (χ1v) is 10.6. The van der Waals surface area contributed by atoms with Crippen molar-refractivity contribution in [2.75, 3.05) is 7.11 Å². The minimum absolute atomic E-state index is 0.110. The van der Waals surface area contributed by atoms with E-state index >= 15 is 0 Å². The van der Waals surface area contributed by atoms with Gasteiger partial charge in [-0.25, -0.2) is 9.78 Å². The zero-order chi connectivity index (χ0) is 18.9. The lowest BCUT2D eigenvalue weighted by Crippen LogP contribution is -2.47. The van der Waals surface area contributed by atoms with Crippen LogP contribution < -0.4 is 0 Å². The first-order chi connectivity index (χ1) is 13.6. The number of aromatic nitrogens is 3. The summed E-state index contributed by atoms with van der Waals surface area (Å²) in [6, 6.07) is 0. The summed E-state index contributed by atoms with van der Waals surface area (Å²) in [5.41, 5.74) is 0. The van der Waals surface area contributed by atoms with Crippen LogP contribution in [0.5, 0.6) is 0 Å². The number of hydrogen-bond donors (Lipinski definition) is 0. The Bertz CT molecular complexity index is 785. The number of methoxy groups -OCH3 is 1. The molecule has 5 saturated carbocycles. The van der Waals surface area contributed by atoms with Gasteiger partial charge in [-0.2, -0.15) is 9.78 Å². The second-order valence-electron chi connectivity index (χ2n) is 9.50. The zero-order valence-electron chi connectivity index (χ0n) is 16.2. The Morgan fingerprint density at radius 1 is 1.25 bits per heavy atom. The van der Waals surface area contributed by atoms with Crippen LogP contribution in [0.4, 0.5) is 0 Å². The fraction of sp³-hybridized carbons (Fsp3) is 0.850. The molecule has 7 rings (SSSR count). The fourth-order valence-corrected chi connectivity index (χ4v) is 6.75. The molecule has 5 atom stereocenters. The van der Waals surface area contributed by atoms with E-state index in [9.17, 15) is 4.79 Å². The maximum atomic E-state index is 11.5. The molecule has 0 aromatic carbocycles. The van der Waals surface area contributed by atoms with E-state index in [-0.39, 0.29) is 5.82 Å². The molecule has 2 spiro atoms. The van der Waals surface area contributed by atoms with Crippen molar-refractivity contribution < 1.29 is 24.0 Å². The molecule has 6 aliphatic rings. The van der Waals surface area contributed by atoms with Gasteiger partial charge in [-0.05, 0) is 56.3 Å². The summed E-state index contributed by atoms with van der Waals surface area (Å²) in [6.45, 7) is 0.737. The second-order valence-corrected chi connectivity index (χ2v) is 9.50. The van der Waals surface area contributed by atoms with Crippen molar-refractivity contribution in [3.8, 4) is 0 Å². The summed E-state index contributed by atoms with van der Waals surface area (Å²) in [5.74, 6) is 1.73. The quantitative estimate of drug-likeness (QED) is 0.580. The Labute approximate surface area is 163 Å². The third-order valence-electron chi connectivity index (χ3n) is 7.97. The maximum Gasteiger partial charge on any atom is 0.377 e.